The van der Waals surface area contributed by atoms with Crippen molar-refractivity contribution in [2.75, 3.05) is 47.6 Å². The van der Waals surface area contributed by atoms with Crippen LogP contribution in [0.25, 0.3) is 0 Å². The molecule has 1 aromatic carbocycles. The molecule has 0 fully saturated rings. The molecule has 2 N–H and O–H groups in total. The molecule has 1 unspecified atom stereocenters. The van der Waals surface area contributed by atoms with Gasteiger partial charge >= 0.3 is 0 Å². The summed E-state index contributed by atoms with van der Waals surface area (Å²) in [5.41, 5.74) is 5.88. The molecule has 108 valence electrons. The molecule has 0 aliphatic heterocycles. The summed E-state index contributed by atoms with van der Waals surface area (Å²) in [6, 6.07) is 7.60. The molecule has 0 bridgehead atoms. The van der Waals surface area contributed by atoms with E-state index in [1.165, 1.54) is 0 Å². The molecule has 0 saturated carbocycles. The lowest BCUT2D eigenvalue weighted by Gasteiger charge is -2.20. The molecule has 0 spiro atoms. The zero-order valence-electron chi connectivity index (χ0n) is 12.0. The third-order valence-electron chi connectivity index (χ3n) is 2.73. The molecule has 0 amide bonds. The van der Waals surface area contributed by atoms with Crippen LogP contribution in [0.5, 0.6) is 11.5 Å². The van der Waals surface area contributed by atoms with E-state index >= 15 is 0 Å². The summed E-state index contributed by atoms with van der Waals surface area (Å²) in [4.78, 5) is 2.13. The van der Waals surface area contributed by atoms with E-state index in [0.717, 1.165) is 24.6 Å². The maximum absolute atomic E-state index is 5.88. The summed E-state index contributed by atoms with van der Waals surface area (Å²) in [5, 5.41) is 0. The topological polar surface area (TPSA) is 57.0 Å². The van der Waals surface area contributed by atoms with Crippen molar-refractivity contribution in [2.24, 2.45) is 5.73 Å². The van der Waals surface area contributed by atoms with Crippen molar-refractivity contribution in [3.63, 3.8) is 0 Å². The fourth-order valence-electron chi connectivity index (χ4n) is 1.75. The minimum absolute atomic E-state index is 0.0380. The number of nitrogens with zero attached hydrogens (tertiary/aromatic N) is 1. The van der Waals surface area contributed by atoms with Gasteiger partial charge < -0.3 is 24.8 Å². The molecule has 0 heterocycles. The maximum atomic E-state index is 5.88. The van der Waals surface area contributed by atoms with Crippen molar-refractivity contribution in [3.05, 3.63) is 24.3 Å². The fourth-order valence-corrected chi connectivity index (χ4v) is 1.75. The van der Waals surface area contributed by atoms with Gasteiger partial charge in [0, 0.05) is 26.2 Å². The summed E-state index contributed by atoms with van der Waals surface area (Å²) in [5.74, 6) is 1.67. The van der Waals surface area contributed by atoms with Crippen LogP contribution < -0.4 is 15.2 Å². The van der Waals surface area contributed by atoms with E-state index in [0.29, 0.717) is 13.2 Å². The van der Waals surface area contributed by atoms with Gasteiger partial charge in [0.05, 0.1) is 13.7 Å². The number of rotatable bonds is 9. The van der Waals surface area contributed by atoms with E-state index in [1.807, 2.05) is 31.3 Å². The second kappa shape index (κ2) is 8.74. The highest BCUT2D eigenvalue weighted by molar-refractivity contribution is 5.31. The number of nitrogens with two attached hydrogens (primary N) is 1. The van der Waals surface area contributed by atoms with Crippen molar-refractivity contribution < 1.29 is 14.2 Å². The van der Waals surface area contributed by atoms with Crippen molar-refractivity contribution >= 4 is 0 Å². The number of likely N-dealkylation sites (N-methyl/N-ethyl adjacent to an activating group) is 1. The molecular formula is C14H24N2O3. The van der Waals surface area contributed by atoms with E-state index < -0.39 is 0 Å². The van der Waals surface area contributed by atoms with E-state index in [4.69, 9.17) is 19.9 Å². The average Bonchev–Trinajstić information content (AvgIpc) is 2.39. The van der Waals surface area contributed by atoms with Gasteiger partial charge in [0.15, 0.2) is 0 Å². The highest BCUT2D eigenvalue weighted by Gasteiger charge is 2.06. The lowest BCUT2D eigenvalue weighted by Crippen LogP contribution is -2.39. The summed E-state index contributed by atoms with van der Waals surface area (Å²) in [6.45, 7) is 2.81. The van der Waals surface area contributed by atoms with E-state index in [-0.39, 0.29) is 6.04 Å². The average molecular weight is 268 g/mol. The lowest BCUT2D eigenvalue weighted by atomic mass is 10.3. The number of hydrogen-bond acceptors (Lipinski definition) is 5. The van der Waals surface area contributed by atoms with Gasteiger partial charge in [-0.25, -0.2) is 0 Å². The molecule has 1 rings (SSSR count). The molecule has 5 heteroatoms. The Morgan fingerprint density at radius 2 is 1.79 bits per heavy atom. The first kappa shape index (κ1) is 15.8. The number of methoxy groups -OCH3 is 2. The Hall–Kier alpha value is -1.30. The molecule has 19 heavy (non-hydrogen) atoms. The van der Waals surface area contributed by atoms with Crippen molar-refractivity contribution in [2.45, 2.75) is 6.04 Å². The van der Waals surface area contributed by atoms with Gasteiger partial charge in [-0.3, -0.25) is 0 Å². The van der Waals surface area contributed by atoms with Gasteiger partial charge in [-0.05, 0) is 31.3 Å². The Labute approximate surface area is 115 Å². The third-order valence-corrected chi connectivity index (χ3v) is 2.73. The highest BCUT2D eigenvalue weighted by Crippen LogP contribution is 2.16. The standard InChI is InChI=1S/C14H24N2O3/c1-16(10-12(15)11-17-2)8-9-19-14-6-4-13(18-3)5-7-14/h4-7,12H,8-11,15H2,1-3H3. The molecule has 0 aliphatic carbocycles. The van der Waals surface area contributed by atoms with E-state index in [2.05, 4.69) is 4.90 Å². The Balaban J connectivity index is 2.21. The van der Waals surface area contributed by atoms with Crippen LogP contribution in [0.2, 0.25) is 0 Å². The molecule has 5 nitrogen and oxygen atoms in total. The molecule has 1 atom stereocenters. The van der Waals surface area contributed by atoms with Crippen LogP contribution in [-0.2, 0) is 4.74 Å². The molecule has 0 aromatic heterocycles. The summed E-state index contributed by atoms with van der Waals surface area (Å²) < 4.78 is 15.7. The largest absolute Gasteiger partial charge is 0.497 e. The zero-order chi connectivity index (χ0) is 14.1. The Morgan fingerprint density at radius 1 is 1.16 bits per heavy atom. The third kappa shape index (κ3) is 6.42. The van der Waals surface area contributed by atoms with Gasteiger partial charge in [0.25, 0.3) is 0 Å². The first-order chi connectivity index (χ1) is 9.15. The van der Waals surface area contributed by atoms with Crippen molar-refractivity contribution in [1.82, 2.24) is 4.90 Å². The zero-order valence-corrected chi connectivity index (χ0v) is 12.0. The molecular weight excluding hydrogens is 244 g/mol. The minimum atomic E-state index is 0.0380. The second-order valence-electron chi connectivity index (χ2n) is 4.50. The molecule has 0 radical (unpaired) electrons. The minimum Gasteiger partial charge on any atom is -0.497 e. The quantitative estimate of drug-likeness (QED) is 0.723. The Kier molecular flexibility index (Phi) is 7.25. The normalized spacial score (nSPS) is 12.5. The van der Waals surface area contributed by atoms with Gasteiger partial charge in [-0.15, -0.1) is 0 Å². The Morgan fingerprint density at radius 3 is 2.37 bits per heavy atom. The monoisotopic (exact) mass is 268 g/mol. The molecule has 0 saturated heterocycles. The second-order valence-corrected chi connectivity index (χ2v) is 4.50. The van der Waals surface area contributed by atoms with Gasteiger partial charge in [0.2, 0.25) is 0 Å². The fraction of sp³-hybridized carbons (Fsp3) is 0.571. The van der Waals surface area contributed by atoms with Crippen LogP contribution in [0.3, 0.4) is 0 Å². The lowest BCUT2D eigenvalue weighted by molar-refractivity contribution is 0.154. The molecule has 0 aliphatic rings. The SMILES string of the molecule is COCC(N)CN(C)CCOc1ccc(OC)cc1. The van der Waals surface area contributed by atoms with Crippen LogP contribution in [0, 0.1) is 0 Å². The summed E-state index contributed by atoms with van der Waals surface area (Å²) >= 11 is 0. The number of hydrogen-bond donors (Lipinski definition) is 1. The Bertz CT molecular complexity index is 343. The predicted molar refractivity (Wildman–Crippen MR) is 75.8 cm³/mol. The summed E-state index contributed by atoms with van der Waals surface area (Å²) in [6.07, 6.45) is 0. The first-order valence-corrected chi connectivity index (χ1v) is 6.35. The first-order valence-electron chi connectivity index (χ1n) is 6.35. The molecule has 1 aromatic rings. The van der Waals surface area contributed by atoms with Crippen molar-refractivity contribution in [1.29, 1.82) is 0 Å². The number of ether oxygens (including phenoxy) is 3. The van der Waals surface area contributed by atoms with Crippen LogP contribution in [0.1, 0.15) is 0 Å². The van der Waals surface area contributed by atoms with Crippen LogP contribution in [0.4, 0.5) is 0 Å². The van der Waals surface area contributed by atoms with Crippen LogP contribution in [-0.4, -0.2) is 58.5 Å². The van der Waals surface area contributed by atoms with Gasteiger partial charge in [-0.2, -0.15) is 0 Å². The van der Waals surface area contributed by atoms with Gasteiger partial charge in [-0.1, -0.05) is 0 Å². The number of benzene rings is 1. The predicted octanol–water partition coefficient (Wildman–Crippen LogP) is 0.980. The maximum Gasteiger partial charge on any atom is 0.119 e. The van der Waals surface area contributed by atoms with Gasteiger partial charge in [0.1, 0.15) is 18.1 Å². The highest BCUT2D eigenvalue weighted by atomic mass is 16.5. The van der Waals surface area contributed by atoms with Crippen LogP contribution >= 0.6 is 0 Å². The van der Waals surface area contributed by atoms with Crippen molar-refractivity contribution in [3.8, 4) is 11.5 Å². The smallest absolute Gasteiger partial charge is 0.119 e. The van der Waals surface area contributed by atoms with Crippen LogP contribution in [0.15, 0.2) is 24.3 Å². The van der Waals surface area contributed by atoms with E-state index in [9.17, 15) is 0 Å². The summed E-state index contributed by atoms with van der Waals surface area (Å²) in [7, 11) is 5.33. The van der Waals surface area contributed by atoms with E-state index in [1.54, 1.807) is 14.2 Å².